The van der Waals surface area contributed by atoms with Crippen molar-refractivity contribution < 1.29 is 53.2 Å². The molecule has 4 aromatic carbocycles. The summed E-state index contributed by atoms with van der Waals surface area (Å²) in [6.07, 6.45) is -2.95. The summed E-state index contributed by atoms with van der Waals surface area (Å²) in [5.74, 6) is -3.25. The Bertz CT molecular complexity index is 3270. The average Bonchev–Trinajstić information content (AvgIpc) is 2.89. The molecule has 5 heterocycles. The summed E-state index contributed by atoms with van der Waals surface area (Å²) in [6, 6.07) is 24.1. The number of alkyl halides is 2. The predicted octanol–water partition coefficient (Wildman–Crippen LogP) is 7.32. The Morgan fingerprint density at radius 1 is 0.607 bits per heavy atom. The van der Waals surface area contributed by atoms with E-state index in [9.17, 15) is 40.0 Å². The molecule has 2 N–H and O–H groups in total. The van der Waals surface area contributed by atoms with E-state index in [2.05, 4.69) is 71.3 Å². The van der Waals surface area contributed by atoms with Gasteiger partial charge >= 0.3 is 18.5 Å². The molecular weight excluding hydrogens is 1130 g/mol. The van der Waals surface area contributed by atoms with Crippen LogP contribution in [-0.4, -0.2) is 193 Å². The number of Topliss-reactive ketones (excluding diaryl/α,β-unsaturated/α-hetero) is 1. The number of sulfone groups is 2. The van der Waals surface area contributed by atoms with Gasteiger partial charge in [-0.1, -0.05) is 56.3 Å². The highest BCUT2D eigenvalue weighted by Crippen LogP contribution is 2.30. The molecule has 5 aromatic rings. The molecule has 4 aliphatic heterocycles. The molecule has 0 bridgehead atoms. The van der Waals surface area contributed by atoms with Crippen LogP contribution in [0.3, 0.4) is 0 Å². The fraction of sp³-hybridized carbons (Fsp3) is 0.508. The first-order valence-electron chi connectivity index (χ1n) is 28.5. The molecule has 0 radical (unpaired) electrons. The van der Waals surface area contributed by atoms with Gasteiger partial charge in [0.1, 0.15) is 11.6 Å². The van der Waals surface area contributed by atoms with Crippen molar-refractivity contribution >= 4 is 48.9 Å². The number of nitrogens with zero attached hydrogens (tertiary/aromatic N) is 10. The third-order valence-electron chi connectivity index (χ3n) is 16.3. The number of benzene rings is 4. The first-order chi connectivity index (χ1) is 39.9. The first kappa shape index (κ1) is 63.7. The van der Waals surface area contributed by atoms with E-state index in [4.69, 9.17) is 10.2 Å². The lowest BCUT2D eigenvalue weighted by atomic mass is 10.1. The number of ketones is 1. The zero-order chi connectivity index (χ0) is 60.6. The second kappa shape index (κ2) is 27.8. The number of rotatable bonds is 16. The zero-order valence-corrected chi connectivity index (χ0v) is 50.2. The smallest absolute Gasteiger partial charge is 0.324 e. The van der Waals surface area contributed by atoms with Crippen molar-refractivity contribution in [1.82, 2.24) is 39.6 Å². The van der Waals surface area contributed by atoms with E-state index in [0.29, 0.717) is 35.5 Å². The lowest BCUT2D eigenvalue weighted by Gasteiger charge is -2.44. The third kappa shape index (κ3) is 15.9. The van der Waals surface area contributed by atoms with Crippen LogP contribution in [0, 0.1) is 11.6 Å². The van der Waals surface area contributed by atoms with E-state index in [1.807, 2.05) is 48.5 Å². The van der Waals surface area contributed by atoms with Gasteiger partial charge in [0.25, 0.3) is 5.89 Å². The van der Waals surface area contributed by atoms with Crippen LogP contribution < -0.4 is 15.5 Å². The van der Waals surface area contributed by atoms with Crippen molar-refractivity contribution in [2.24, 2.45) is 5.73 Å². The normalized spacial score (nSPS) is 21.4. The number of anilines is 2. The van der Waals surface area contributed by atoms with Crippen LogP contribution in [0.5, 0.6) is 0 Å². The molecule has 4 aliphatic rings. The number of aromatic nitrogens is 2. The number of amides is 4. The number of nitrogens with two attached hydrogens (primary N) is 1. The molecule has 0 spiro atoms. The number of hydrogen-bond donors (Lipinski definition) is 1. The molecule has 0 saturated carbocycles. The third-order valence-corrected chi connectivity index (χ3v) is 19.5. The maximum atomic E-state index is 15.4. The second-order valence-corrected chi connectivity index (χ2v) is 26.9. The average molecular weight is 1210 g/mol. The van der Waals surface area contributed by atoms with Gasteiger partial charge in [-0.3, -0.25) is 24.4 Å². The highest BCUT2D eigenvalue weighted by molar-refractivity contribution is 7.91. The molecule has 4 saturated heterocycles. The Labute approximate surface area is 490 Å². The van der Waals surface area contributed by atoms with Crippen molar-refractivity contribution in [3.05, 3.63) is 130 Å². The standard InChI is InChI=1S/C30H37F3N6O4S.C29H40FN5O4S/c1-4-36-16-20(2)38(21(3)17-36)18-22-5-9-25(10-6-22)39(30(40)37-11-13-44(41,42)14-12-37)19-24-8-7-23(15-26(24)31)28-34-35-29(43-28)27(32)33;1-4-32-17-21(2)34(22(3)18-32)19-23-5-9-26(10-6-23)35(29(37)33-11-13-40(38,39)14-12-33)20-25-8-7-24(15-27(25)30)28(36)16-31/h5-10,15,20-21,27H,4,11-14,16-19H2,1-3H3;5-10,15,21-22H,4,11-14,16-20,31H2,1-3H3/t20-,21+;21-,22+. The van der Waals surface area contributed by atoms with Gasteiger partial charge in [0.2, 0.25) is 5.89 Å². The molecule has 25 heteroatoms. The predicted molar refractivity (Wildman–Crippen MR) is 314 cm³/mol. The number of hydrogen-bond acceptors (Lipinski definition) is 15. The minimum Gasteiger partial charge on any atom is -0.415 e. The molecule has 1 aromatic heterocycles. The molecule has 456 valence electrons. The van der Waals surface area contributed by atoms with Crippen LogP contribution in [0.15, 0.2) is 89.3 Å². The Morgan fingerprint density at radius 3 is 1.37 bits per heavy atom. The Balaban J connectivity index is 0.000000220. The Kier molecular flexibility index (Phi) is 21.1. The van der Waals surface area contributed by atoms with Crippen LogP contribution in [0.2, 0.25) is 0 Å². The van der Waals surface area contributed by atoms with Crippen LogP contribution in [-0.2, 0) is 45.9 Å². The minimum absolute atomic E-state index is 0.0420. The summed E-state index contributed by atoms with van der Waals surface area (Å²) < 4.78 is 109. The maximum absolute atomic E-state index is 15.4. The minimum atomic E-state index is -3.22. The molecular formula is C59H77F4N11O8S2. The van der Waals surface area contributed by atoms with Crippen LogP contribution in [0.4, 0.5) is 38.5 Å². The number of likely N-dealkylation sites (N-methyl/N-ethyl adjacent to an activating group) is 2. The fourth-order valence-corrected chi connectivity index (χ4v) is 13.7. The van der Waals surface area contributed by atoms with Crippen LogP contribution in [0.25, 0.3) is 11.5 Å². The van der Waals surface area contributed by atoms with Gasteiger partial charge in [-0.2, -0.15) is 8.78 Å². The van der Waals surface area contributed by atoms with Gasteiger partial charge in [-0.25, -0.2) is 35.2 Å². The molecule has 9 rings (SSSR count). The monoisotopic (exact) mass is 1210 g/mol. The second-order valence-electron chi connectivity index (χ2n) is 22.3. The summed E-state index contributed by atoms with van der Waals surface area (Å²) in [5, 5.41) is 6.85. The molecule has 0 unspecified atom stereocenters. The zero-order valence-electron chi connectivity index (χ0n) is 48.5. The summed E-state index contributed by atoms with van der Waals surface area (Å²) in [5.41, 5.74) is 9.42. The topological polar surface area (TPSA) is 210 Å². The van der Waals surface area contributed by atoms with E-state index in [1.54, 1.807) is 0 Å². The first-order valence-corrected chi connectivity index (χ1v) is 32.2. The van der Waals surface area contributed by atoms with Gasteiger partial charge < -0.3 is 29.8 Å². The van der Waals surface area contributed by atoms with Crippen molar-refractivity contribution in [2.75, 3.05) is 105 Å². The van der Waals surface area contributed by atoms with E-state index < -0.39 is 49.7 Å². The highest BCUT2D eigenvalue weighted by atomic mass is 32.2. The molecule has 84 heavy (non-hydrogen) atoms. The van der Waals surface area contributed by atoms with Crippen molar-refractivity contribution in [3.8, 4) is 11.5 Å². The van der Waals surface area contributed by atoms with E-state index in [1.165, 1.54) is 43.9 Å². The van der Waals surface area contributed by atoms with Crippen molar-refractivity contribution in [2.45, 2.75) is 98.3 Å². The Hall–Kier alpha value is -6.35. The van der Waals surface area contributed by atoms with Gasteiger partial charge in [-0.15, -0.1) is 10.2 Å². The van der Waals surface area contributed by atoms with E-state index in [-0.39, 0.29) is 109 Å². The number of carbonyl (C=O) groups is 3. The lowest BCUT2D eigenvalue weighted by Crippen LogP contribution is -2.55. The lowest BCUT2D eigenvalue weighted by molar-refractivity contribution is 0.0355. The van der Waals surface area contributed by atoms with Gasteiger partial charge in [0, 0.05) is 123 Å². The molecule has 4 amide bonds. The van der Waals surface area contributed by atoms with Gasteiger partial charge in [-0.05, 0) is 94.4 Å². The number of carbonyl (C=O) groups excluding carboxylic acids is 3. The molecule has 0 aliphatic carbocycles. The van der Waals surface area contributed by atoms with Crippen molar-refractivity contribution in [1.29, 1.82) is 0 Å². The largest absolute Gasteiger partial charge is 0.415 e. The van der Waals surface area contributed by atoms with Crippen molar-refractivity contribution in [3.63, 3.8) is 0 Å². The van der Waals surface area contributed by atoms with E-state index in [0.717, 1.165) is 75.6 Å². The summed E-state index contributed by atoms with van der Waals surface area (Å²) >= 11 is 0. The highest BCUT2D eigenvalue weighted by Gasteiger charge is 2.34. The SMILES string of the molecule is CCN1C[C@@H](C)N(Cc2ccc(N(Cc3ccc(-c4nnc(C(F)F)o4)cc3F)C(=O)N3CCS(=O)(=O)CC3)cc2)[C@@H](C)C1.CCN1C[C@@H](C)N(Cc2ccc(N(Cc3ccc(C(=O)CN)cc3F)C(=O)N3CCS(=O)(=O)CC3)cc2)[C@@H](C)C1. The summed E-state index contributed by atoms with van der Waals surface area (Å²) in [7, 11) is -6.40. The molecule has 19 nitrogen and oxygen atoms in total. The number of urea groups is 2. The Morgan fingerprint density at radius 2 is 1.01 bits per heavy atom. The number of piperazine rings is 2. The van der Waals surface area contributed by atoms with E-state index >= 15 is 8.78 Å². The van der Waals surface area contributed by atoms with Crippen LogP contribution in [0.1, 0.15) is 86.5 Å². The quantitative estimate of drug-likeness (QED) is 0.0758. The summed E-state index contributed by atoms with van der Waals surface area (Å²) in [4.78, 5) is 55.0. The maximum Gasteiger partial charge on any atom is 0.324 e. The van der Waals surface area contributed by atoms with Gasteiger partial charge in [0.15, 0.2) is 25.5 Å². The van der Waals surface area contributed by atoms with Gasteiger partial charge in [0.05, 0.1) is 42.6 Å². The van der Waals surface area contributed by atoms with Crippen LogP contribution >= 0.6 is 0 Å². The molecule has 4 atom stereocenters. The molecule has 4 fully saturated rings. The summed E-state index contributed by atoms with van der Waals surface area (Å²) in [6.45, 7) is 20.7. The number of halogens is 4. The fourth-order valence-electron chi connectivity index (χ4n) is 11.3.